The van der Waals surface area contributed by atoms with E-state index in [-0.39, 0.29) is 34.6 Å². The van der Waals surface area contributed by atoms with Crippen LogP contribution < -0.4 is 10.6 Å². The van der Waals surface area contributed by atoms with Crippen LogP contribution in [0.25, 0.3) is 11.3 Å². The maximum Gasteiger partial charge on any atom is 0.255 e. The molecule has 0 aliphatic carbocycles. The molecule has 0 radical (unpaired) electrons. The number of benzene rings is 1. The van der Waals surface area contributed by atoms with Gasteiger partial charge in [-0.15, -0.1) is 0 Å². The van der Waals surface area contributed by atoms with Crippen molar-refractivity contribution in [3.05, 3.63) is 40.3 Å². The summed E-state index contributed by atoms with van der Waals surface area (Å²) < 4.78 is 20.6. The maximum atomic E-state index is 15.2. The number of rotatable bonds is 5. The molecule has 1 aromatic carbocycles. The number of hydrogen-bond donors (Lipinski definition) is 2. The zero-order valence-electron chi connectivity index (χ0n) is 19.7. The highest BCUT2D eigenvalue weighted by Crippen LogP contribution is 2.37. The van der Waals surface area contributed by atoms with Crippen molar-refractivity contribution in [2.45, 2.75) is 52.2 Å². The van der Waals surface area contributed by atoms with Crippen molar-refractivity contribution in [1.29, 1.82) is 0 Å². The lowest BCUT2D eigenvalue weighted by molar-refractivity contribution is -0.128. The van der Waals surface area contributed by atoms with E-state index in [1.165, 1.54) is 24.2 Å². The minimum atomic E-state index is -0.752. The summed E-state index contributed by atoms with van der Waals surface area (Å²) in [7, 11) is 1.52. The topological polar surface area (TPSA) is 96.5 Å². The Labute approximate surface area is 203 Å². The molecule has 1 fully saturated rings. The van der Waals surface area contributed by atoms with Gasteiger partial charge in [0.2, 0.25) is 11.9 Å². The standard InChI is InChI=1S/C24H29ClFN5O3/c1-24(2,3)20(21(32)27-4)31-12-16-15(22(31)33)9-13(10-18(16)26)19-17(25)11-28-23(30-19)29-14-5-7-34-8-6-14/h9-11,14,20H,5-8,12H2,1-4H3,(H,27,32)(H,28,29,30). The van der Waals surface area contributed by atoms with Crippen molar-refractivity contribution in [1.82, 2.24) is 20.2 Å². The molecule has 0 saturated carbocycles. The Hall–Kier alpha value is -2.78. The Balaban J connectivity index is 1.67. The molecule has 0 bridgehead atoms. The van der Waals surface area contributed by atoms with E-state index >= 15 is 4.39 Å². The number of aromatic nitrogens is 2. The van der Waals surface area contributed by atoms with Crippen LogP contribution in [0.4, 0.5) is 10.3 Å². The number of ether oxygens (including phenoxy) is 1. The molecule has 1 saturated heterocycles. The lowest BCUT2D eigenvalue weighted by Crippen LogP contribution is -2.53. The minimum absolute atomic E-state index is 0.0176. The van der Waals surface area contributed by atoms with Gasteiger partial charge in [0.05, 0.1) is 23.5 Å². The molecular weight excluding hydrogens is 461 g/mol. The van der Waals surface area contributed by atoms with Crippen LogP contribution in [-0.4, -0.2) is 59.0 Å². The van der Waals surface area contributed by atoms with Gasteiger partial charge in [-0.2, -0.15) is 0 Å². The number of hydrogen-bond acceptors (Lipinski definition) is 6. The summed E-state index contributed by atoms with van der Waals surface area (Å²) in [5.41, 5.74) is 0.635. The molecule has 2 aliphatic heterocycles. The lowest BCUT2D eigenvalue weighted by atomic mass is 9.85. The SMILES string of the molecule is CNC(=O)C(N1Cc2c(F)cc(-c3nc(NC4CCOCC4)ncc3Cl)cc2C1=O)C(C)(C)C. The number of nitrogens with one attached hydrogen (secondary N) is 2. The third-order valence-corrected chi connectivity index (χ3v) is 6.49. The minimum Gasteiger partial charge on any atom is -0.381 e. The van der Waals surface area contributed by atoms with Gasteiger partial charge in [-0.3, -0.25) is 9.59 Å². The summed E-state index contributed by atoms with van der Waals surface area (Å²) in [5, 5.41) is 6.14. The average Bonchev–Trinajstić information content (AvgIpc) is 3.11. The largest absolute Gasteiger partial charge is 0.381 e. The number of amides is 2. The molecule has 2 N–H and O–H groups in total. The highest BCUT2D eigenvalue weighted by molar-refractivity contribution is 6.33. The molecule has 2 amide bonds. The summed E-state index contributed by atoms with van der Waals surface area (Å²) >= 11 is 6.37. The van der Waals surface area contributed by atoms with E-state index < -0.39 is 23.2 Å². The smallest absolute Gasteiger partial charge is 0.255 e. The fraction of sp³-hybridized carbons (Fsp3) is 0.500. The number of likely N-dealkylation sites (N-methyl/N-ethyl adjacent to an activating group) is 1. The Morgan fingerprint density at radius 3 is 2.65 bits per heavy atom. The monoisotopic (exact) mass is 489 g/mol. The van der Waals surface area contributed by atoms with Gasteiger partial charge in [0.25, 0.3) is 5.91 Å². The van der Waals surface area contributed by atoms with Crippen LogP contribution in [-0.2, 0) is 16.1 Å². The quantitative estimate of drug-likeness (QED) is 0.665. The fourth-order valence-corrected chi connectivity index (χ4v) is 4.73. The number of carbonyl (C=O) groups excluding carboxylic acids is 2. The lowest BCUT2D eigenvalue weighted by Gasteiger charge is -2.36. The number of halogens is 2. The molecule has 8 nitrogen and oxygen atoms in total. The molecule has 34 heavy (non-hydrogen) atoms. The number of anilines is 1. The number of carbonyl (C=O) groups is 2. The predicted octanol–water partition coefficient (Wildman–Crippen LogP) is 3.64. The van der Waals surface area contributed by atoms with Gasteiger partial charge < -0.3 is 20.3 Å². The average molecular weight is 490 g/mol. The second-order valence-electron chi connectivity index (χ2n) is 9.72. The normalized spacial score (nSPS) is 17.5. The van der Waals surface area contributed by atoms with Gasteiger partial charge in [-0.25, -0.2) is 14.4 Å². The second kappa shape index (κ2) is 9.46. The maximum absolute atomic E-state index is 15.2. The van der Waals surface area contributed by atoms with E-state index in [9.17, 15) is 9.59 Å². The highest BCUT2D eigenvalue weighted by atomic mass is 35.5. The van der Waals surface area contributed by atoms with E-state index in [4.69, 9.17) is 16.3 Å². The summed E-state index contributed by atoms with van der Waals surface area (Å²) in [5.74, 6) is -0.851. The second-order valence-corrected chi connectivity index (χ2v) is 10.1. The first kappa shape index (κ1) is 24.3. The fourth-order valence-electron chi connectivity index (χ4n) is 4.53. The molecule has 1 unspecified atom stereocenters. The predicted molar refractivity (Wildman–Crippen MR) is 127 cm³/mol. The van der Waals surface area contributed by atoms with Crippen LogP contribution in [0, 0.1) is 11.2 Å². The Morgan fingerprint density at radius 1 is 1.29 bits per heavy atom. The van der Waals surface area contributed by atoms with Gasteiger partial charge in [-0.05, 0) is 30.4 Å². The van der Waals surface area contributed by atoms with Crippen LogP contribution >= 0.6 is 11.6 Å². The van der Waals surface area contributed by atoms with E-state index in [1.807, 2.05) is 20.8 Å². The van der Waals surface area contributed by atoms with E-state index in [0.29, 0.717) is 30.4 Å². The van der Waals surface area contributed by atoms with Crippen molar-refractivity contribution < 1.29 is 18.7 Å². The van der Waals surface area contributed by atoms with E-state index in [1.54, 1.807) is 6.07 Å². The number of nitrogens with zero attached hydrogens (tertiary/aromatic N) is 3. The van der Waals surface area contributed by atoms with E-state index in [2.05, 4.69) is 20.6 Å². The van der Waals surface area contributed by atoms with Crippen LogP contribution in [0.3, 0.4) is 0 Å². The third-order valence-electron chi connectivity index (χ3n) is 6.21. The first-order valence-electron chi connectivity index (χ1n) is 11.3. The summed E-state index contributed by atoms with van der Waals surface area (Å²) in [6.07, 6.45) is 3.13. The van der Waals surface area contributed by atoms with Gasteiger partial charge in [-0.1, -0.05) is 32.4 Å². The van der Waals surface area contributed by atoms with Gasteiger partial charge >= 0.3 is 0 Å². The first-order chi connectivity index (χ1) is 16.1. The first-order valence-corrected chi connectivity index (χ1v) is 11.7. The van der Waals surface area contributed by atoms with Crippen molar-refractivity contribution in [2.75, 3.05) is 25.6 Å². The molecule has 1 aromatic heterocycles. The Kier molecular flexibility index (Phi) is 6.78. The van der Waals surface area contributed by atoms with Crippen molar-refractivity contribution in [2.24, 2.45) is 5.41 Å². The zero-order chi connectivity index (χ0) is 24.6. The summed E-state index contributed by atoms with van der Waals surface area (Å²) in [6.45, 7) is 6.97. The molecule has 4 rings (SSSR count). The van der Waals surface area contributed by atoms with Crippen LogP contribution in [0.1, 0.15) is 49.5 Å². The molecular formula is C24H29ClFN5O3. The van der Waals surface area contributed by atoms with Crippen molar-refractivity contribution >= 4 is 29.4 Å². The van der Waals surface area contributed by atoms with E-state index in [0.717, 1.165) is 12.8 Å². The Bertz CT molecular complexity index is 1110. The third kappa shape index (κ3) is 4.72. The van der Waals surface area contributed by atoms with Crippen LogP contribution in [0.2, 0.25) is 5.02 Å². The van der Waals surface area contributed by atoms with Crippen LogP contribution in [0.15, 0.2) is 18.3 Å². The molecule has 3 heterocycles. The van der Waals surface area contributed by atoms with Gasteiger partial charge in [0.1, 0.15) is 11.9 Å². The van der Waals surface area contributed by atoms with Gasteiger partial charge in [0.15, 0.2) is 0 Å². The van der Waals surface area contributed by atoms with Gasteiger partial charge in [0, 0.05) is 43.0 Å². The number of fused-ring (bicyclic) bond motifs is 1. The molecule has 0 spiro atoms. The molecule has 1 atom stereocenters. The molecule has 10 heteroatoms. The van der Waals surface area contributed by atoms with Crippen molar-refractivity contribution in [3.8, 4) is 11.3 Å². The summed E-state index contributed by atoms with van der Waals surface area (Å²) in [6, 6.07) is 2.34. The molecule has 182 valence electrons. The van der Waals surface area contributed by atoms with Crippen LogP contribution in [0.5, 0.6) is 0 Å². The summed E-state index contributed by atoms with van der Waals surface area (Å²) in [4.78, 5) is 36.1. The molecule has 2 aromatic rings. The Morgan fingerprint density at radius 2 is 2.00 bits per heavy atom. The molecule has 2 aliphatic rings. The zero-order valence-corrected chi connectivity index (χ0v) is 20.5. The highest BCUT2D eigenvalue weighted by Gasteiger charge is 2.43. The van der Waals surface area contributed by atoms with Crippen molar-refractivity contribution in [3.63, 3.8) is 0 Å².